The molecule has 0 heterocycles. The van der Waals surface area contributed by atoms with E-state index in [1.165, 1.54) is 230 Å². The average molecular weight is 1390 g/mol. The maximum absolute atomic E-state index is 16.2. The van der Waals surface area contributed by atoms with Gasteiger partial charge in [-0.25, -0.2) is 0 Å². The van der Waals surface area contributed by atoms with E-state index in [1.54, 1.807) is 0 Å². The molecule has 512 valence electrons. The van der Waals surface area contributed by atoms with Gasteiger partial charge in [0.1, 0.15) is 0 Å². The van der Waals surface area contributed by atoms with Gasteiger partial charge in [0.25, 0.3) is 0 Å². The highest BCUT2D eigenvalue weighted by atomic mass is 32.2. The van der Waals surface area contributed by atoms with Gasteiger partial charge in [-0.05, 0) is 248 Å². The van der Waals surface area contributed by atoms with E-state index >= 15 is 9.59 Å². The SMILES string of the molecule is CCCCCC1CCC(c2ccc(-c3ccc(Sc4ccc(Sc5ccc(-c6ccc(C7CCC(CCCCC)CC7)cc6)cc5)c5c4C(=O)c4c(Sc6ccc(-c7ccc(C8CCC(CCCCC)CC8)cc7)cc6)ccc(Sc6ccc(C(F)(F)F)cc6)c4C5=O)cc3)cc2)CC1. The minimum Gasteiger partial charge on any atom is -0.288 e. The van der Waals surface area contributed by atoms with Gasteiger partial charge in [-0.3, -0.25) is 9.59 Å². The van der Waals surface area contributed by atoms with Gasteiger partial charge >= 0.3 is 6.18 Å². The largest absolute Gasteiger partial charge is 0.416 e. The lowest BCUT2D eigenvalue weighted by Crippen LogP contribution is -2.24. The van der Waals surface area contributed by atoms with Crippen LogP contribution in [0.5, 0.6) is 0 Å². The Morgan fingerprint density at radius 3 is 0.737 bits per heavy atom. The van der Waals surface area contributed by atoms with Crippen LogP contribution in [0.2, 0.25) is 0 Å². The van der Waals surface area contributed by atoms with Gasteiger partial charge in [0.2, 0.25) is 0 Å². The van der Waals surface area contributed by atoms with E-state index < -0.39 is 11.7 Å². The van der Waals surface area contributed by atoms with Crippen LogP contribution in [0.15, 0.2) is 233 Å². The van der Waals surface area contributed by atoms with Crippen LogP contribution in [-0.2, 0) is 6.18 Å². The number of rotatable bonds is 26. The Hall–Kier alpha value is -6.49. The van der Waals surface area contributed by atoms with Crippen molar-refractivity contribution in [1.29, 1.82) is 0 Å². The molecule has 0 amide bonds. The second-order valence-electron chi connectivity index (χ2n) is 28.8. The molecule has 0 radical (unpaired) electrons. The molecular weight excluding hydrogens is 1300 g/mol. The molecule has 99 heavy (non-hydrogen) atoms. The average Bonchev–Trinajstić information content (AvgIpc) is 0.724. The maximum atomic E-state index is 16.2. The fraction of sp³-hybridized carbons (Fsp3) is 0.378. The minimum atomic E-state index is -4.51. The summed E-state index contributed by atoms with van der Waals surface area (Å²) in [5.74, 6) is 3.90. The maximum Gasteiger partial charge on any atom is 0.416 e. The molecule has 0 aliphatic heterocycles. The second kappa shape index (κ2) is 33.5. The van der Waals surface area contributed by atoms with Crippen molar-refractivity contribution < 1.29 is 22.8 Å². The molecule has 3 saturated carbocycles. The van der Waals surface area contributed by atoms with Crippen LogP contribution in [0, 0.1) is 17.8 Å². The standard InChI is InChI=1S/C90H95F3O2S4/c1-4-7-10-13-60-16-22-63(23-17-60)66-28-34-69(35-29-66)72-40-48-76(49-41-72)96-80-56-57-81(97-77-50-42-73(43-51-77)70-36-30-67(31-37-70)64-24-18-61(19-25-64)14-11-8-5-2)85-84(80)88(94)86-82(58-59-83(87(86)89(85)95)99-79-54-46-75(47-55-79)90(91,92)93)98-78-52-44-74(45-53-78)71-38-32-68(33-39-71)65-26-20-62(21-27-65)15-12-9-6-3/h28-65H,4-27H2,1-3H3. The number of hydrogen-bond donors (Lipinski definition) is 0. The van der Waals surface area contributed by atoms with Gasteiger partial charge in [-0.2, -0.15) is 13.2 Å². The van der Waals surface area contributed by atoms with Gasteiger partial charge < -0.3 is 0 Å². The zero-order valence-corrected chi connectivity index (χ0v) is 61.3. The third-order valence-corrected chi connectivity index (χ3v) is 26.4. The lowest BCUT2D eigenvalue weighted by molar-refractivity contribution is -0.137. The van der Waals surface area contributed by atoms with E-state index in [1.807, 2.05) is 24.3 Å². The van der Waals surface area contributed by atoms with Crippen LogP contribution in [0.1, 0.15) is 247 Å². The van der Waals surface area contributed by atoms with Crippen molar-refractivity contribution in [2.45, 2.75) is 238 Å². The number of alkyl halides is 3. The highest BCUT2D eigenvalue weighted by Gasteiger charge is 2.39. The van der Waals surface area contributed by atoms with E-state index in [4.69, 9.17) is 0 Å². The van der Waals surface area contributed by atoms with Crippen molar-refractivity contribution >= 4 is 58.6 Å². The molecule has 4 aliphatic rings. The van der Waals surface area contributed by atoms with Crippen molar-refractivity contribution in [1.82, 2.24) is 0 Å². The molecule has 0 spiro atoms. The van der Waals surface area contributed by atoms with E-state index in [0.717, 1.165) is 78.0 Å². The Bertz CT molecular complexity index is 4140. The lowest BCUT2D eigenvalue weighted by atomic mass is 9.77. The van der Waals surface area contributed by atoms with Crippen LogP contribution in [0.25, 0.3) is 33.4 Å². The minimum absolute atomic E-state index is 0.260. The lowest BCUT2D eigenvalue weighted by Gasteiger charge is -2.29. The molecule has 13 rings (SSSR count). The number of benzene rings is 9. The molecule has 0 saturated heterocycles. The summed E-state index contributed by atoms with van der Waals surface area (Å²) in [5.41, 5.74) is 11.6. The summed E-state index contributed by atoms with van der Waals surface area (Å²) in [6.45, 7) is 6.86. The topological polar surface area (TPSA) is 34.1 Å². The van der Waals surface area contributed by atoms with Crippen molar-refractivity contribution in [3.63, 3.8) is 0 Å². The van der Waals surface area contributed by atoms with E-state index in [9.17, 15) is 13.2 Å². The first-order chi connectivity index (χ1) is 48.4. The highest BCUT2D eigenvalue weighted by Crippen LogP contribution is 2.50. The summed E-state index contributed by atoms with van der Waals surface area (Å²) < 4.78 is 41.8. The number of carbonyl (C=O) groups excluding carboxylic acids is 2. The Morgan fingerprint density at radius 1 is 0.293 bits per heavy atom. The third kappa shape index (κ3) is 17.5. The molecule has 3 fully saturated rings. The Kier molecular flexibility index (Phi) is 24.0. The van der Waals surface area contributed by atoms with Crippen molar-refractivity contribution in [2.24, 2.45) is 17.8 Å². The van der Waals surface area contributed by atoms with Crippen molar-refractivity contribution in [3.8, 4) is 33.4 Å². The highest BCUT2D eigenvalue weighted by molar-refractivity contribution is 8.00. The fourth-order valence-corrected chi connectivity index (χ4v) is 20.1. The van der Waals surface area contributed by atoms with Gasteiger partial charge in [-0.15, -0.1) is 0 Å². The first kappa shape index (κ1) is 70.9. The fourth-order valence-electron chi connectivity index (χ4n) is 16.2. The zero-order valence-electron chi connectivity index (χ0n) is 58.0. The van der Waals surface area contributed by atoms with Gasteiger partial charge in [-0.1, -0.05) is 254 Å². The molecule has 0 aromatic heterocycles. The number of fused-ring (bicyclic) bond motifs is 2. The van der Waals surface area contributed by atoms with Gasteiger partial charge in [0.15, 0.2) is 11.6 Å². The summed E-state index contributed by atoms with van der Waals surface area (Å²) >= 11 is 5.62. The number of carbonyl (C=O) groups is 2. The molecule has 2 nitrogen and oxygen atoms in total. The molecule has 9 heteroatoms. The van der Waals surface area contributed by atoms with E-state index in [2.05, 4.69) is 166 Å². The summed E-state index contributed by atoms with van der Waals surface area (Å²) in [6, 6.07) is 65.7. The van der Waals surface area contributed by atoms with Gasteiger partial charge in [0.05, 0.1) is 5.56 Å². The normalized spacial score (nSPS) is 19.4. The summed E-state index contributed by atoms with van der Waals surface area (Å²) in [5, 5.41) is 0. The molecule has 0 unspecified atom stereocenters. The Morgan fingerprint density at radius 2 is 0.515 bits per heavy atom. The number of halogens is 3. The molecule has 9 aromatic rings. The first-order valence-electron chi connectivity index (χ1n) is 37.3. The quantitative estimate of drug-likeness (QED) is 0.0503. The second-order valence-corrected chi connectivity index (χ2v) is 33.3. The molecule has 0 bridgehead atoms. The summed E-state index contributed by atoms with van der Waals surface area (Å²) in [4.78, 5) is 38.1. The smallest absolute Gasteiger partial charge is 0.288 e. The molecule has 0 N–H and O–H groups in total. The van der Waals surface area contributed by atoms with E-state index in [-0.39, 0.29) is 17.1 Å². The number of ketones is 2. The number of unbranched alkanes of at least 4 members (excludes halogenated alkanes) is 6. The third-order valence-electron chi connectivity index (χ3n) is 22.2. The summed E-state index contributed by atoms with van der Waals surface area (Å²) in [7, 11) is 0. The van der Waals surface area contributed by atoms with Crippen molar-refractivity contribution in [3.05, 3.63) is 239 Å². The van der Waals surface area contributed by atoms with Crippen LogP contribution in [0.3, 0.4) is 0 Å². The van der Waals surface area contributed by atoms with Crippen LogP contribution < -0.4 is 0 Å². The summed E-state index contributed by atoms with van der Waals surface area (Å²) in [6.07, 6.45) is 27.0. The van der Waals surface area contributed by atoms with Crippen LogP contribution in [0.4, 0.5) is 13.2 Å². The first-order valence-corrected chi connectivity index (χ1v) is 40.6. The Labute approximate surface area is 604 Å². The molecule has 4 aliphatic carbocycles. The predicted molar refractivity (Wildman–Crippen MR) is 410 cm³/mol. The molecular formula is C90H95F3O2S4. The van der Waals surface area contributed by atoms with Crippen molar-refractivity contribution in [2.75, 3.05) is 0 Å². The van der Waals surface area contributed by atoms with Gasteiger partial charge in [0, 0.05) is 61.4 Å². The monoisotopic (exact) mass is 1390 g/mol. The van der Waals surface area contributed by atoms with Crippen LogP contribution in [-0.4, -0.2) is 11.6 Å². The van der Waals surface area contributed by atoms with Crippen LogP contribution >= 0.6 is 47.0 Å². The number of hydrogen-bond acceptors (Lipinski definition) is 6. The van der Waals surface area contributed by atoms with E-state index in [0.29, 0.717) is 58.9 Å². The zero-order chi connectivity index (χ0) is 68.2. The predicted octanol–water partition coefficient (Wildman–Crippen LogP) is 28.6. The Balaban J connectivity index is 0.794. The molecule has 0 atom stereocenters. The molecule has 9 aromatic carbocycles.